The van der Waals surface area contributed by atoms with Gasteiger partial charge in [-0.05, 0) is 22.0 Å². The van der Waals surface area contributed by atoms with Crippen molar-refractivity contribution in [2.45, 2.75) is 6.54 Å². The van der Waals surface area contributed by atoms with E-state index < -0.39 is 17.3 Å². The third-order valence-corrected chi connectivity index (χ3v) is 4.56. The van der Waals surface area contributed by atoms with Gasteiger partial charge in [0.05, 0.1) is 19.8 Å². The van der Waals surface area contributed by atoms with E-state index in [4.69, 9.17) is 9.84 Å². The van der Waals surface area contributed by atoms with Crippen molar-refractivity contribution in [3.63, 3.8) is 0 Å². The first-order valence-electron chi connectivity index (χ1n) is 5.25. The summed E-state index contributed by atoms with van der Waals surface area (Å²) in [7, 11) is 1.61. The van der Waals surface area contributed by atoms with Gasteiger partial charge in [0.15, 0.2) is 5.41 Å². The minimum Gasteiger partial charge on any atom is -0.480 e. The molecule has 1 aliphatic rings. The van der Waals surface area contributed by atoms with Gasteiger partial charge in [-0.3, -0.25) is 9.59 Å². The standard InChI is InChI=1S/C11H12BrNO4S/c1-13(3-8-2-7(12)4-18-8)9(14)11(10(15)16)5-17-6-11/h2,4H,3,5-6H2,1H3,(H,15,16). The van der Waals surface area contributed by atoms with Gasteiger partial charge in [0.25, 0.3) is 0 Å². The van der Waals surface area contributed by atoms with Crippen LogP contribution in [0, 0.1) is 5.41 Å². The Bertz CT molecular complexity index is 483. The molecule has 1 aliphatic heterocycles. The van der Waals surface area contributed by atoms with Crippen molar-refractivity contribution in [1.29, 1.82) is 0 Å². The van der Waals surface area contributed by atoms with Gasteiger partial charge in [-0.25, -0.2) is 0 Å². The zero-order valence-electron chi connectivity index (χ0n) is 9.68. The first kappa shape index (κ1) is 13.5. The number of thiophene rings is 1. The van der Waals surface area contributed by atoms with Crippen LogP contribution < -0.4 is 0 Å². The molecule has 0 atom stereocenters. The second kappa shape index (κ2) is 4.99. The van der Waals surface area contributed by atoms with Crippen LogP contribution in [0.25, 0.3) is 0 Å². The number of carbonyl (C=O) groups is 2. The van der Waals surface area contributed by atoms with Gasteiger partial charge in [0.1, 0.15) is 0 Å². The number of amides is 1. The monoisotopic (exact) mass is 333 g/mol. The number of carboxylic acids is 1. The highest BCUT2D eigenvalue weighted by molar-refractivity contribution is 9.10. The van der Waals surface area contributed by atoms with Crippen LogP contribution in [0.4, 0.5) is 0 Å². The molecular formula is C11H12BrNO4S. The Balaban J connectivity index is 2.07. The van der Waals surface area contributed by atoms with Gasteiger partial charge in [0, 0.05) is 21.8 Å². The van der Waals surface area contributed by atoms with Crippen LogP contribution in [0.5, 0.6) is 0 Å². The second-order valence-electron chi connectivity index (χ2n) is 4.27. The molecule has 0 unspecified atom stereocenters. The predicted octanol–water partition coefficient (Wildman–Crippen LogP) is 1.57. The van der Waals surface area contributed by atoms with Gasteiger partial charge in [-0.15, -0.1) is 11.3 Å². The number of rotatable bonds is 4. The van der Waals surface area contributed by atoms with Crippen LogP contribution in [-0.2, 0) is 20.9 Å². The molecule has 2 rings (SSSR count). The first-order chi connectivity index (χ1) is 8.45. The number of aliphatic carboxylic acids is 1. The van der Waals surface area contributed by atoms with Crippen molar-refractivity contribution in [3.8, 4) is 0 Å². The SMILES string of the molecule is CN(Cc1cc(Br)cs1)C(=O)C1(C(=O)O)COC1. The molecule has 0 aliphatic carbocycles. The first-order valence-corrected chi connectivity index (χ1v) is 6.92. The molecule has 7 heteroatoms. The van der Waals surface area contributed by atoms with E-state index in [0.29, 0.717) is 6.54 Å². The summed E-state index contributed by atoms with van der Waals surface area (Å²) in [6.45, 7) is 0.323. The fourth-order valence-electron chi connectivity index (χ4n) is 1.75. The quantitative estimate of drug-likeness (QED) is 0.849. The zero-order valence-corrected chi connectivity index (χ0v) is 12.1. The third-order valence-electron chi connectivity index (χ3n) is 2.88. The Kier molecular flexibility index (Phi) is 3.74. The Morgan fingerprint density at radius 3 is 2.67 bits per heavy atom. The van der Waals surface area contributed by atoms with Crippen LogP contribution in [0.2, 0.25) is 0 Å². The smallest absolute Gasteiger partial charge is 0.324 e. The number of nitrogens with zero attached hydrogens (tertiary/aromatic N) is 1. The maximum Gasteiger partial charge on any atom is 0.324 e. The van der Waals surface area contributed by atoms with E-state index in [1.165, 1.54) is 16.2 Å². The van der Waals surface area contributed by atoms with Crippen molar-refractivity contribution in [3.05, 3.63) is 20.8 Å². The van der Waals surface area contributed by atoms with Crippen LogP contribution in [0.3, 0.4) is 0 Å². The lowest BCUT2D eigenvalue weighted by atomic mass is 9.84. The molecule has 0 radical (unpaired) electrons. The molecule has 1 N–H and O–H groups in total. The fourth-order valence-corrected chi connectivity index (χ4v) is 3.26. The number of ether oxygens (including phenoxy) is 1. The summed E-state index contributed by atoms with van der Waals surface area (Å²) in [5.74, 6) is -1.51. The normalized spacial score (nSPS) is 17.0. The van der Waals surface area contributed by atoms with E-state index in [1.54, 1.807) is 7.05 Å². The fraction of sp³-hybridized carbons (Fsp3) is 0.455. The summed E-state index contributed by atoms with van der Waals surface area (Å²) in [4.78, 5) is 25.8. The number of halogens is 1. The lowest BCUT2D eigenvalue weighted by Crippen LogP contribution is -2.59. The molecule has 18 heavy (non-hydrogen) atoms. The molecule has 0 saturated carbocycles. The summed E-state index contributed by atoms with van der Waals surface area (Å²) in [6, 6.07) is 1.92. The Morgan fingerprint density at radius 2 is 2.28 bits per heavy atom. The van der Waals surface area contributed by atoms with E-state index in [9.17, 15) is 9.59 Å². The highest BCUT2D eigenvalue weighted by Crippen LogP contribution is 2.31. The second-order valence-corrected chi connectivity index (χ2v) is 6.18. The number of hydrogen-bond donors (Lipinski definition) is 1. The summed E-state index contributed by atoms with van der Waals surface area (Å²) in [5, 5.41) is 11.1. The maximum absolute atomic E-state index is 12.2. The summed E-state index contributed by atoms with van der Waals surface area (Å²) in [6.07, 6.45) is 0. The van der Waals surface area contributed by atoms with Gasteiger partial charge in [0.2, 0.25) is 5.91 Å². The third kappa shape index (κ3) is 2.30. The average molecular weight is 334 g/mol. The molecule has 1 fully saturated rings. The van der Waals surface area contributed by atoms with Crippen molar-refractivity contribution in [2.75, 3.05) is 20.3 Å². The van der Waals surface area contributed by atoms with E-state index >= 15 is 0 Å². The molecule has 1 amide bonds. The Hall–Kier alpha value is -0.920. The molecule has 1 aromatic heterocycles. The molecular weight excluding hydrogens is 322 g/mol. The lowest BCUT2D eigenvalue weighted by Gasteiger charge is -2.38. The number of carbonyl (C=O) groups excluding carboxylic acids is 1. The van der Waals surface area contributed by atoms with Gasteiger partial charge < -0.3 is 14.7 Å². The summed E-state index contributed by atoms with van der Waals surface area (Å²) in [5.41, 5.74) is -1.39. The zero-order chi connectivity index (χ0) is 13.3. The minimum absolute atomic E-state index is 0.0420. The van der Waals surface area contributed by atoms with Crippen molar-refractivity contribution in [1.82, 2.24) is 4.90 Å². The Morgan fingerprint density at radius 1 is 1.61 bits per heavy atom. The molecule has 0 aromatic carbocycles. The maximum atomic E-state index is 12.2. The van der Waals surface area contributed by atoms with Gasteiger partial charge in [-0.1, -0.05) is 0 Å². The molecule has 1 aromatic rings. The average Bonchev–Trinajstić information content (AvgIpc) is 2.61. The van der Waals surface area contributed by atoms with E-state index in [-0.39, 0.29) is 13.2 Å². The lowest BCUT2D eigenvalue weighted by molar-refractivity contribution is -0.190. The largest absolute Gasteiger partial charge is 0.480 e. The van der Waals surface area contributed by atoms with Crippen LogP contribution >= 0.6 is 27.3 Å². The molecule has 5 nitrogen and oxygen atoms in total. The summed E-state index contributed by atoms with van der Waals surface area (Å²) < 4.78 is 5.85. The van der Waals surface area contributed by atoms with Gasteiger partial charge in [-0.2, -0.15) is 0 Å². The number of hydrogen-bond acceptors (Lipinski definition) is 4. The number of carboxylic acid groups (broad SMARTS) is 1. The molecule has 2 heterocycles. The molecule has 0 bridgehead atoms. The van der Waals surface area contributed by atoms with Crippen LogP contribution in [0.1, 0.15) is 4.88 Å². The molecule has 0 spiro atoms. The van der Waals surface area contributed by atoms with Crippen molar-refractivity contribution >= 4 is 39.1 Å². The van der Waals surface area contributed by atoms with Crippen LogP contribution in [0.15, 0.2) is 15.9 Å². The highest BCUT2D eigenvalue weighted by atomic mass is 79.9. The molecule has 1 saturated heterocycles. The summed E-state index contributed by atoms with van der Waals surface area (Å²) >= 11 is 4.86. The highest BCUT2D eigenvalue weighted by Gasteiger charge is 2.54. The van der Waals surface area contributed by atoms with E-state index in [2.05, 4.69) is 15.9 Å². The predicted molar refractivity (Wildman–Crippen MR) is 69.4 cm³/mol. The minimum atomic E-state index is -1.39. The van der Waals surface area contributed by atoms with E-state index in [1.807, 2.05) is 11.4 Å². The van der Waals surface area contributed by atoms with E-state index in [0.717, 1.165) is 9.35 Å². The van der Waals surface area contributed by atoms with Crippen molar-refractivity contribution < 1.29 is 19.4 Å². The Labute approximate surface area is 116 Å². The van der Waals surface area contributed by atoms with Gasteiger partial charge >= 0.3 is 5.97 Å². The van der Waals surface area contributed by atoms with Crippen LogP contribution in [-0.4, -0.2) is 42.1 Å². The molecule has 98 valence electrons. The van der Waals surface area contributed by atoms with Crippen molar-refractivity contribution in [2.24, 2.45) is 5.41 Å². The topological polar surface area (TPSA) is 66.8 Å².